The van der Waals surface area contributed by atoms with Gasteiger partial charge in [0.25, 0.3) is 0 Å². The molecule has 0 unspecified atom stereocenters. The van der Waals surface area contributed by atoms with Gasteiger partial charge in [-0.2, -0.15) is 0 Å². The van der Waals surface area contributed by atoms with Gasteiger partial charge in [0.2, 0.25) is 11.6 Å². The molecule has 0 radical (unpaired) electrons. The molecule has 0 N–H and O–H groups in total. The highest BCUT2D eigenvalue weighted by Gasteiger charge is 2.20. The normalized spacial score (nSPS) is 10.9. The molecule has 0 aliphatic rings. The van der Waals surface area contributed by atoms with Crippen LogP contribution in [0.3, 0.4) is 0 Å². The highest BCUT2D eigenvalue weighted by molar-refractivity contribution is 5.66. The van der Waals surface area contributed by atoms with E-state index in [0.717, 1.165) is 9.08 Å². The molecular formula is C20H18N4O6. The summed E-state index contributed by atoms with van der Waals surface area (Å²) in [6.07, 6.45) is 0. The summed E-state index contributed by atoms with van der Waals surface area (Å²) in [5.41, 5.74) is -0.633. The lowest BCUT2D eigenvalue weighted by Crippen LogP contribution is -2.38. The van der Waals surface area contributed by atoms with Crippen molar-refractivity contribution in [3.8, 4) is 34.4 Å². The van der Waals surface area contributed by atoms with Crippen molar-refractivity contribution in [2.45, 2.75) is 6.92 Å². The van der Waals surface area contributed by atoms with Crippen molar-refractivity contribution in [3.05, 3.63) is 63.4 Å². The summed E-state index contributed by atoms with van der Waals surface area (Å²) >= 11 is 0. The number of fused-ring (bicyclic) bond motifs is 1. The van der Waals surface area contributed by atoms with Crippen LogP contribution in [0.2, 0.25) is 0 Å². The molecule has 0 aliphatic heterocycles. The van der Waals surface area contributed by atoms with Gasteiger partial charge in [-0.1, -0.05) is 18.2 Å². The van der Waals surface area contributed by atoms with Crippen molar-refractivity contribution in [1.29, 1.82) is 0 Å². The first-order valence-corrected chi connectivity index (χ1v) is 9.05. The third-order valence-electron chi connectivity index (χ3n) is 4.33. The molecule has 30 heavy (non-hydrogen) atoms. The van der Waals surface area contributed by atoms with Gasteiger partial charge in [-0.05, 0) is 31.2 Å². The van der Waals surface area contributed by atoms with Crippen molar-refractivity contribution in [1.82, 2.24) is 19.2 Å². The molecule has 0 saturated heterocycles. The van der Waals surface area contributed by atoms with Crippen molar-refractivity contribution >= 4 is 5.84 Å². The lowest BCUT2D eigenvalue weighted by atomic mass is 10.2. The summed E-state index contributed by atoms with van der Waals surface area (Å²) in [6.45, 7) is 2.26. The second kappa shape index (κ2) is 7.74. The van der Waals surface area contributed by atoms with Gasteiger partial charge >= 0.3 is 17.2 Å². The summed E-state index contributed by atoms with van der Waals surface area (Å²) in [5, 5.41) is 4.20. The third kappa shape index (κ3) is 3.17. The summed E-state index contributed by atoms with van der Waals surface area (Å²) < 4.78 is 23.8. The minimum Gasteiger partial charge on any atom is -0.493 e. The van der Waals surface area contributed by atoms with Crippen molar-refractivity contribution < 1.29 is 18.6 Å². The number of para-hydroxylation sites is 1. The van der Waals surface area contributed by atoms with Gasteiger partial charge in [0, 0.05) is 5.56 Å². The lowest BCUT2D eigenvalue weighted by Gasteiger charge is -2.14. The smallest absolute Gasteiger partial charge is 0.362 e. The number of benzene rings is 2. The molecule has 0 saturated carbocycles. The Kier molecular flexibility index (Phi) is 4.97. The van der Waals surface area contributed by atoms with Crippen LogP contribution in [0.25, 0.3) is 23.0 Å². The van der Waals surface area contributed by atoms with Crippen LogP contribution in [-0.2, 0) is 0 Å². The van der Waals surface area contributed by atoms with Crippen molar-refractivity contribution in [2.24, 2.45) is 0 Å². The molecule has 0 fully saturated rings. The van der Waals surface area contributed by atoms with E-state index in [4.69, 9.17) is 18.6 Å². The first-order chi connectivity index (χ1) is 14.6. The van der Waals surface area contributed by atoms with E-state index in [9.17, 15) is 9.59 Å². The molecule has 10 heteroatoms. The SMILES string of the molecule is CCOc1c(OC)cc(-c2nn3c(=O)n(-c4ccccc4)c(=O)nc3o2)cc1OC. The van der Waals surface area contributed by atoms with Crippen LogP contribution in [0.15, 0.2) is 56.5 Å². The topological polar surface area (TPSA) is 110 Å². The second-order valence-electron chi connectivity index (χ2n) is 6.09. The monoisotopic (exact) mass is 410 g/mol. The molecule has 2 aromatic heterocycles. The van der Waals surface area contributed by atoms with Crippen LogP contribution in [-0.4, -0.2) is 40.0 Å². The molecule has 0 bridgehead atoms. The minimum absolute atomic E-state index is 0.0597. The molecule has 0 amide bonds. The van der Waals surface area contributed by atoms with Gasteiger partial charge in [-0.3, -0.25) is 0 Å². The van der Waals surface area contributed by atoms with Crippen LogP contribution >= 0.6 is 0 Å². The highest BCUT2D eigenvalue weighted by Crippen LogP contribution is 2.41. The minimum atomic E-state index is -0.768. The molecule has 4 aromatic rings. The number of ether oxygens (including phenoxy) is 3. The summed E-state index contributed by atoms with van der Waals surface area (Å²) in [4.78, 5) is 29.1. The molecule has 4 rings (SSSR count). The fourth-order valence-electron chi connectivity index (χ4n) is 2.99. The number of hydrogen-bond acceptors (Lipinski definition) is 8. The maximum absolute atomic E-state index is 12.9. The summed E-state index contributed by atoms with van der Waals surface area (Å²) in [7, 11) is 2.98. The predicted octanol–water partition coefficient (Wildman–Crippen LogP) is 1.92. The zero-order chi connectivity index (χ0) is 21.3. The fourth-order valence-corrected chi connectivity index (χ4v) is 2.99. The summed E-state index contributed by atoms with van der Waals surface area (Å²) in [5.74, 6) is 1.07. The van der Waals surface area contributed by atoms with E-state index in [2.05, 4.69) is 10.1 Å². The quantitative estimate of drug-likeness (QED) is 0.474. The van der Waals surface area contributed by atoms with E-state index in [1.807, 2.05) is 6.92 Å². The van der Waals surface area contributed by atoms with Gasteiger partial charge in [0.15, 0.2) is 11.5 Å². The van der Waals surface area contributed by atoms with Gasteiger partial charge in [0.05, 0.1) is 26.5 Å². The average molecular weight is 410 g/mol. The lowest BCUT2D eigenvalue weighted by molar-refractivity contribution is 0.288. The zero-order valence-corrected chi connectivity index (χ0v) is 16.5. The Labute approximate surface area is 169 Å². The van der Waals surface area contributed by atoms with Crippen LogP contribution in [0, 0.1) is 0 Å². The van der Waals surface area contributed by atoms with Crippen LogP contribution < -0.4 is 25.6 Å². The Bertz CT molecular complexity index is 1300. The molecule has 0 aliphatic carbocycles. The number of aromatic nitrogens is 4. The fraction of sp³-hybridized carbons (Fsp3) is 0.200. The van der Waals surface area contributed by atoms with E-state index in [0.29, 0.717) is 35.1 Å². The molecule has 0 spiro atoms. The largest absolute Gasteiger partial charge is 0.493 e. The Balaban J connectivity index is 1.90. The Morgan fingerprint density at radius 3 is 2.30 bits per heavy atom. The van der Waals surface area contributed by atoms with E-state index in [-0.39, 0.29) is 11.7 Å². The van der Waals surface area contributed by atoms with Gasteiger partial charge in [-0.25, -0.2) is 14.2 Å². The van der Waals surface area contributed by atoms with E-state index < -0.39 is 11.4 Å². The standard InChI is InChI=1S/C20H18N4O6/c1-4-29-16-14(27-2)10-12(11-15(16)28-3)17-22-24-19(30-17)21-18(25)23(20(24)26)13-8-6-5-7-9-13/h5-11H,4H2,1-3H3. The zero-order valence-electron chi connectivity index (χ0n) is 16.5. The predicted molar refractivity (Wildman–Crippen MR) is 107 cm³/mol. The van der Waals surface area contributed by atoms with Gasteiger partial charge in [0.1, 0.15) is 0 Å². The van der Waals surface area contributed by atoms with Crippen molar-refractivity contribution in [3.63, 3.8) is 0 Å². The van der Waals surface area contributed by atoms with E-state index in [1.54, 1.807) is 42.5 Å². The number of methoxy groups -OCH3 is 2. The Hall–Kier alpha value is -4.08. The van der Waals surface area contributed by atoms with Gasteiger partial charge in [-0.15, -0.1) is 14.6 Å². The molecule has 154 valence electrons. The molecule has 0 atom stereocenters. The number of nitrogens with zero attached hydrogens (tertiary/aromatic N) is 4. The van der Waals surface area contributed by atoms with E-state index >= 15 is 0 Å². The molecule has 10 nitrogen and oxygen atoms in total. The van der Waals surface area contributed by atoms with Gasteiger partial charge < -0.3 is 18.6 Å². The number of rotatable bonds is 6. The molecular weight excluding hydrogens is 392 g/mol. The Morgan fingerprint density at radius 1 is 1.03 bits per heavy atom. The molecule has 2 aromatic carbocycles. The van der Waals surface area contributed by atoms with Crippen molar-refractivity contribution in [2.75, 3.05) is 20.8 Å². The second-order valence-corrected chi connectivity index (χ2v) is 6.09. The molecule has 2 heterocycles. The third-order valence-corrected chi connectivity index (χ3v) is 4.33. The maximum Gasteiger partial charge on any atom is 0.362 e. The Morgan fingerprint density at radius 2 is 1.70 bits per heavy atom. The first kappa shape index (κ1) is 19.2. The van der Waals surface area contributed by atoms with Crippen LogP contribution in [0.4, 0.5) is 0 Å². The number of hydrogen-bond donors (Lipinski definition) is 0. The maximum atomic E-state index is 12.9. The van der Waals surface area contributed by atoms with Crippen LogP contribution in [0.5, 0.6) is 17.2 Å². The summed E-state index contributed by atoms with van der Waals surface area (Å²) in [6, 6.07) is 11.7. The van der Waals surface area contributed by atoms with Crippen LogP contribution in [0.1, 0.15) is 6.92 Å². The first-order valence-electron chi connectivity index (χ1n) is 9.05. The average Bonchev–Trinajstić information content (AvgIpc) is 3.19. The van der Waals surface area contributed by atoms with E-state index in [1.165, 1.54) is 14.2 Å². The highest BCUT2D eigenvalue weighted by atomic mass is 16.5.